The topological polar surface area (TPSA) is 51.2 Å². The van der Waals surface area contributed by atoms with Crippen LogP contribution in [0, 0.1) is 11.8 Å². The highest BCUT2D eigenvalue weighted by atomic mass is 32.1. The lowest BCUT2D eigenvalue weighted by atomic mass is 10.3. The molecule has 4 rings (SSSR count). The second-order valence-electron chi connectivity index (χ2n) is 5.87. The van der Waals surface area contributed by atoms with Crippen LogP contribution >= 0.6 is 11.3 Å². The van der Waals surface area contributed by atoms with Crippen LogP contribution in [0.1, 0.15) is 13.3 Å². The molecule has 1 aliphatic carbocycles. The van der Waals surface area contributed by atoms with Crippen LogP contribution in [0.3, 0.4) is 0 Å². The molecule has 1 fully saturated rings. The van der Waals surface area contributed by atoms with E-state index >= 15 is 0 Å². The highest BCUT2D eigenvalue weighted by Crippen LogP contribution is 2.39. The van der Waals surface area contributed by atoms with Crippen molar-refractivity contribution in [1.82, 2.24) is 4.98 Å². The molecule has 5 heteroatoms. The van der Waals surface area contributed by atoms with Crippen molar-refractivity contribution in [3.63, 3.8) is 0 Å². The number of hydrogen-bond acceptors (Lipinski definition) is 4. The minimum atomic E-state index is 0.0808. The minimum absolute atomic E-state index is 0.0808. The summed E-state index contributed by atoms with van der Waals surface area (Å²) in [5, 5.41) is 3.57. The largest absolute Gasteiger partial charge is 0.457 e. The SMILES string of the molecule is C[C@H]1C[C@@H]1C(=O)Nc1nc2ccc(Oc3ccccc3)cc2s1. The molecule has 2 atom stereocenters. The van der Waals surface area contributed by atoms with E-state index in [0.717, 1.165) is 28.1 Å². The Morgan fingerprint density at radius 2 is 2.00 bits per heavy atom. The smallest absolute Gasteiger partial charge is 0.229 e. The summed E-state index contributed by atoms with van der Waals surface area (Å²) in [5.41, 5.74) is 0.870. The van der Waals surface area contributed by atoms with Gasteiger partial charge in [0.15, 0.2) is 5.13 Å². The second-order valence-corrected chi connectivity index (χ2v) is 6.90. The molecule has 1 N–H and O–H groups in total. The number of aromatic nitrogens is 1. The predicted octanol–water partition coefficient (Wildman–Crippen LogP) is 4.68. The molecule has 0 saturated heterocycles. The van der Waals surface area contributed by atoms with Crippen LogP contribution in [0.4, 0.5) is 5.13 Å². The molecular weight excluding hydrogens is 308 g/mol. The van der Waals surface area contributed by atoms with Crippen molar-refractivity contribution in [1.29, 1.82) is 0 Å². The van der Waals surface area contributed by atoms with Gasteiger partial charge in [0.25, 0.3) is 0 Å². The zero-order chi connectivity index (χ0) is 15.8. The first-order valence-corrected chi connectivity index (χ1v) is 8.45. The molecular formula is C18H16N2O2S. The lowest BCUT2D eigenvalue weighted by molar-refractivity contribution is -0.117. The highest BCUT2D eigenvalue weighted by molar-refractivity contribution is 7.22. The first kappa shape index (κ1) is 14.2. The first-order chi connectivity index (χ1) is 11.2. The monoisotopic (exact) mass is 324 g/mol. The van der Waals surface area contributed by atoms with Gasteiger partial charge >= 0.3 is 0 Å². The number of ether oxygens (including phenoxy) is 1. The van der Waals surface area contributed by atoms with Crippen LogP contribution < -0.4 is 10.1 Å². The Bertz CT molecular complexity index is 860. The normalized spacial score (nSPS) is 19.5. The molecule has 0 spiro atoms. The Morgan fingerprint density at radius 1 is 1.22 bits per heavy atom. The highest BCUT2D eigenvalue weighted by Gasteiger charge is 2.39. The number of hydrogen-bond donors (Lipinski definition) is 1. The average molecular weight is 324 g/mol. The molecule has 2 aromatic carbocycles. The van der Waals surface area contributed by atoms with Crippen LogP contribution in [0.25, 0.3) is 10.2 Å². The van der Waals surface area contributed by atoms with Crippen LogP contribution in [0.5, 0.6) is 11.5 Å². The fraction of sp³-hybridized carbons (Fsp3) is 0.222. The lowest BCUT2D eigenvalue weighted by Crippen LogP contribution is -2.14. The molecule has 1 amide bonds. The number of carbonyl (C=O) groups is 1. The van der Waals surface area contributed by atoms with Crippen molar-refractivity contribution in [3.8, 4) is 11.5 Å². The molecule has 4 nitrogen and oxygen atoms in total. The van der Waals surface area contributed by atoms with Gasteiger partial charge in [0.1, 0.15) is 11.5 Å². The van der Waals surface area contributed by atoms with E-state index in [1.54, 1.807) is 0 Å². The van der Waals surface area contributed by atoms with E-state index in [0.29, 0.717) is 11.0 Å². The van der Waals surface area contributed by atoms with Gasteiger partial charge in [0, 0.05) is 12.0 Å². The van der Waals surface area contributed by atoms with Crippen molar-refractivity contribution in [2.45, 2.75) is 13.3 Å². The number of thiazole rings is 1. The number of para-hydroxylation sites is 1. The van der Waals surface area contributed by atoms with Crippen molar-refractivity contribution in [2.75, 3.05) is 5.32 Å². The van der Waals surface area contributed by atoms with Gasteiger partial charge in [-0.1, -0.05) is 36.5 Å². The molecule has 1 heterocycles. The number of amides is 1. The van der Waals surface area contributed by atoms with E-state index < -0.39 is 0 Å². The van der Waals surface area contributed by atoms with E-state index in [1.807, 2.05) is 48.5 Å². The van der Waals surface area contributed by atoms with Gasteiger partial charge in [0.2, 0.25) is 5.91 Å². The van der Waals surface area contributed by atoms with Gasteiger partial charge in [0.05, 0.1) is 10.2 Å². The van der Waals surface area contributed by atoms with Gasteiger partial charge in [-0.2, -0.15) is 0 Å². The molecule has 0 aliphatic heterocycles. The average Bonchev–Trinajstić information content (AvgIpc) is 3.15. The number of benzene rings is 2. The molecule has 1 saturated carbocycles. The second kappa shape index (κ2) is 5.66. The summed E-state index contributed by atoms with van der Waals surface area (Å²) in [6, 6.07) is 15.4. The summed E-state index contributed by atoms with van der Waals surface area (Å²) in [6.07, 6.45) is 0.978. The van der Waals surface area contributed by atoms with Gasteiger partial charge in [-0.05, 0) is 36.6 Å². The minimum Gasteiger partial charge on any atom is -0.457 e. The third kappa shape index (κ3) is 3.05. The number of fused-ring (bicyclic) bond motifs is 1. The summed E-state index contributed by atoms with van der Waals surface area (Å²) >= 11 is 1.47. The molecule has 0 radical (unpaired) electrons. The number of rotatable bonds is 4. The maximum atomic E-state index is 12.0. The van der Waals surface area contributed by atoms with Gasteiger partial charge in [-0.25, -0.2) is 4.98 Å². The standard InChI is InChI=1S/C18H16N2O2S/c1-11-9-14(11)17(21)20-18-19-15-8-7-13(10-16(15)23-18)22-12-5-3-2-4-6-12/h2-8,10-11,14H,9H2,1H3,(H,19,20,21)/t11-,14-/m0/s1. The molecule has 0 unspecified atom stereocenters. The zero-order valence-corrected chi connectivity index (χ0v) is 13.5. The summed E-state index contributed by atoms with van der Waals surface area (Å²) in [7, 11) is 0. The van der Waals surface area contributed by atoms with E-state index in [-0.39, 0.29) is 11.8 Å². The summed E-state index contributed by atoms with van der Waals surface area (Å²) < 4.78 is 6.83. The summed E-state index contributed by atoms with van der Waals surface area (Å²) in [5.74, 6) is 2.29. The molecule has 3 aromatic rings. The fourth-order valence-corrected chi connectivity index (χ4v) is 3.43. The Labute approximate surface area is 138 Å². The van der Waals surface area contributed by atoms with Gasteiger partial charge < -0.3 is 10.1 Å². The van der Waals surface area contributed by atoms with Crippen molar-refractivity contribution in [3.05, 3.63) is 48.5 Å². The number of nitrogens with one attached hydrogen (secondary N) is 1. The maximum absolute atomic E-state index is 12.0. The van der Waals surface area contributed by atoms with Gasteiger partial charge in [-0.15, -0.1) is 0 Å². The Morgan fingerprint density at radius 3 is 2.74 bits per heavy atom. The van der Waals surface area contributed by atoms with Crippen LogP contribution in [0.2, 0.25) is 0 Å². The van der Waals surface area contributed by atoms with Crippen LogP contribution in [-0.4, -0.2) is 10.9 Å². The Hall–Kier alpha value is -2.40. The van der Waals surface area contributed by atoms with Crippen molar-refractivity contribution in [2.24, 2.45) is 11.8 Å². The van der Waals surface area contributed by atoms with E-state index in [4.69, 9.17) is 4.74 Å². The Balaban J connectivity index is 1.53. The van der Waals surface area contributed by atoms with E-state index in [1.165, 1.54) is 11.3 Å². The summed E-state index contributed by atoms with van der Waals surface area (Å²) in [4.78, 5) is 16.5. The van der Waals surface area contributed by atoms with Crippen LogP contribution in [-0.2, 0) is 4.79 Å². The number of nitrogens with zero attached hydrogens (tertiary/aromatic N) is 1. The third-order valence-corrected chi connectivity index (χ3v) is 4.95. The van der Waals surface area contributed by atoms with Crippen molar-refractivity contribution >= 4 is 32.6 Å². The number of anilines is 1. The first-order valence-electron chi connectivity index (χ1n) is 7.63. The molecule has 1 aromatic heterocycles. The fourth-order valence-electron chi connectivity index (χ4n) is 2.53. The van der Waals surface area contributed by atoms with Crippen molar-refractivity contribution < 1.29 is 9.53 Å². The molecule has 116 valence electrons. The maximum Gasteiger partial charge on any atom is 0.229 e. The quantitative estimate of drug-likeness (QED) is 0.758. The third-order valence-electron chi connectivity index (χ3n) is 4.02. The predicted molar refractivity (Wildman–Crippen MR) is 92.0 cm³/mol. The zero-order valence-electron chi connectivity index (χ0n) is 12.7. The molecule has 23 heavy (non-hydrogen) atoms. The van der Waals surface area contributed by atoms with E-state index in [9.17, 15) is 4.79 Å². The molecule has 1 aliphatic rings. The van der Waals surface area contributed by atoms with Gasteiger partial charge in [-0.3, -0.25) is 4.79 Å². The lowest BCUT2D eigenvalue weighted by Gasteiger charge is -2.04. The number of carbonyl (C=O) groups excluding carboxylic acids is 1. The Kier molecular flexibility index (Phi) is 3.50. The summed E-state index contributed by atoms with van der Waals surface area (Å²) in [6.45, 7) is 2.09. The van der Waals surface area contributed by atoms with E-state index in [2.05, 4.69) is 17.2 Å². The molecule has 0 bridgehead atoms. The van der Waals surface area contributed by atoms with Crippen LogP contribution in [0.15, 0.2) is 48.5 Å².